The molecule has 0 aromatic rings. The van der Waals surface area contributed by atoms with E-state index in [0.717, 1.165) is 12.2 Å². The maximum Gasteiger partial charge on any atom is 0.229 e. The van der Waals surface area contributed by atoms with Gasteiger partial charge in [0.2, 0.25) is 9.05 Å². The number of halogens is 1. The molecule has 1 aliphatic rings. The first-order valence-electron chi connectivity index (χ1n) is 3.89. The first-order chi connectivity index (χ1) is 5.38. The minimum absolute atomic E-state index is 0.415. The number of hydrogen-bond acceptors (Lipinski definition) is 3. The summed E-state index contributed by atoms with van der Waals surface area (Å²) in [7, 11) is 1.31. The summed E-state index contributed by atoms with van der Waals surface area (Å²) in [5.74, 6) is 1.54. The molecule has 0 radical (unpaired) electrons. The smallest absolute Gasteiger partial charge is 0.229 e. The van der Waals surface area contributed by atoms with Gasteiger partial charge in [0.15, 0.2) is 0 Å². The van der Waals surface area contributed by atoms with E-state index in [1.807, 2.05) is 0 Å². The Morgan fingerprint density at radius 2 is 1.92 bits per heavy atom. The summed E-state index contributed by atoms with van der Waals surface area (Å²) in [4.78, 5) is 0. The van der Waals surface area contributed by atoms with Crippen LogP contribution in [0, 0.1) is 11.8 Å². The highest BCUT2D eigenvalue weighted by Crippen LogP contribution is 2.39. The molecule has 1 aliphatic carbocycles. The van der Waals surface area contributed by atoms with Gasteiger partial charge in [0.05, 0.1) is 6.26 Å². The van der Waals surface area contributed by atoms with Crippen molar-refractivity contribution in [3.63, 3.8) is 0 Å². The number of rotatable bonds is 2. The van der Waals surface area contributed by atoms with Gasteiger partial charge in [0, 0.05) is 17.3 Å². The lowest BCUT2D eigenvalue weighted by Gasteiger charge is -1.85. The van der Waals surface area contributed by atoms with Gasteiger partial charge >= 0.3 is 0 Å². The van der Waals surface area contributed by atoms with E-state index in [1.165, 1.54) is 12.8 Å². The maximum absolute atomic E-state index is 9.40. The van der Waals surface area contributed by atoms with Crippen molar-refractivity contribution in [2.75, 3.05) is 12.9 Å². The Morgan fingerprint density at radius 3 is 2.00 bits per heavy atom. The van der Waals surface area contributed by atoms with E-state index in [1.54, 1.807) is 0 Å². The van der Waals surface area contributed by atoms with Gasteiger partial charge in [-0.25, -0.2) is 8.42 Å². The van der Waals surface area contributed by atoms with Crippen molar-refractivity contribution >= 4 is 19.7 Å². The number of aliphatic hydroxyl groups is 1. The average molecular weight is 215 g/mol. The van der Waals surface area contributed by atoms with Gasteiger partial charge in [-0.2, -0.15) is 0 Å². The van der Waals surface area contributed by atoms with E-state index in [0.29, 0.717) is 12.5 Å². The normalized spacial score (nSPS) is 27.3. The minimum atomic E-state index is -3.19. The van der Waals surface area contributed by atoms with Gasteiger partial charge < -0.3 is 5.11 Å². The molecule has 1 rings (SSSR count). The second-order valence-corrected chi connectivity index (χ2v) is 6.07. The molecule has 12 heavy (non-hydrogen) atoms. The molecule has 3 nitrogen and oxygen atoms in total. The van der Waals surface area contributed by atoms with E-state index >= 15 is 0 Å². The summed E-state index contributed by atoms with van der Waals surface area (Å²) in [6.45, 7) is 2.60. The van der Waals surface area contributed by atoms with Gasteiger partial charge in [-0.3, -0.25) is 0 Å². The Balaban J connectivity index is 0.000000217. The predicted octanol–water partition coefficient (Wildman–Crippen LogP) is 1.21. The van der Waals surface area contributed by atoms with Gasteiger partial charge in [0.25, 0.3) is 0 Å². The van der Waals surface area contributed by atoms with Gasteiger partial charge in [-0.1, -0.05) is 13.3 Å². The van der Waals surface area contributed by atoms with Crippen LogP contribution in [0.1, 0.15) is 19.8 Å². The molecular weight excluding hydrogens is 200 g/mol. The molecule has 5 heteroatoms. The van der Waals surface area contributed by atoms with Gasteiger partial charge in [-0.15, -0.1) is 0 Å². The molecular formula is C7H15ClO3S. The van der Waals surface area contributed by atoms with Crippen LogP contribution < -0.4 is 0 Å². The van der Waals surface area contributed by atoms with Crippen molar-refractivity contribution in [1.82, 2.24) is 0 Å². The number of aliphatic hydroxyl groups excluding tert-OH is 1. The Morgan fingerprint density at radius 1 is 1.50 bits per heavy atom. The summed E-state index contributed by atoms with van der Waals surface area (Å²) in [5, 5.41) is 8.51. The van der Waals surface area contributed by atoms with E-state index < -0.39 is 9.05 Å². The maximum atomic E-state index is 9.40. The molecule has 0 saturated heterocycles. The predicted molar refractivity (Wildman–Crippen MR) is 49.7 cm³/mol. The minimum Gasteiger partial charge on any atom is -0.396 e. The first-order valence-corrected chi connectivity index (χ1v) is 6.60. The zero-order valence-corrected chi connectivity index (χ0v) is 8.90. The van der Waals surface area contributed by atoms with Gasteiger partial charge in [0.1, 0.15) is 0 Å². The molecule has 0 bridgehead atoms. The second kappa shape index (κ2) is 5.04. The van der Waals surface area contributed by atoms with Crippen molar-refractivity contribution in [3.8, 4) is 0 Å². The summed E-state index contributed by atoms with van der Waals surface area (Å²) in [5.41, 5.74) is 0. The van der Waals surface area contributed by atoms with Crippen LogP contribution in [0.25, 0.3) is 0 Å². The van der Waals surface area contributed by atoms with Crippen LogP contribution in [0.2, 0.25) is 0 Å². The Hall–Kier alpha value is 0.200. The number of hydrogen-bond donors (Lipinski definition) is 1. The lowest BCUT2D eigenvalue weighted by Crippen LogP contribution is -1.85. The van der Waals surface area contributed by atoms with Crippen molar-refractivity contribution < 1.29 is 13.5 Å². The van der Waals surface area contributed by atoms with Crippen LogP contribution in [-0.4, -0.2) is 26.4 Å². The summed E-state index contributed by atoms with van der Waals surface area (Å²) in [6, 6.07) is 0. The molecule has 0 aliphatic heterocycles. The van der Waals surface area contributed by atoms with E-state index in [4.69, 9.17) is 5.11 Å². The third-order valence-corrected chi connectivity index (χ3v) is 1.83. The van der Waals surface area contributed by atoms with Crippen molar-refractivity contribution in [3.05, 3.63) is 0 Å². The molecule has 74 valence electrons. The fourth-order valence-electron chi connectivity index (χ4n) is 1.03. The third kappa shape index (κ3) is 8.30. The highest BCUT2D eigenvalue weighted by molar-refractivity contribution is 8.13. The van der Waals surface area contributed by atoms with Crippen LogP contribution in [-0.2, 0) is 9.05 Å². The second-order valence-electron chi connectivity index (χ2n) is 3.03. The molecule has 0 heterocycles. The molecule has 1 saturated carbocycles. The molecule has 1 fully saturated rings. The fraction of sp³-hybridized carbons (Fsp3) is 1.00. The Labute approximate surface area is 78.2 Å². The van der Waals surface area contributed by atoms with Crippen LogP contribution in [0.4, 0.5) is 0 Å². The van der Waals surface area contributed by atoms with Crippen molar-refractivity contribution in [2.45, 2.75) is 19.8 Å². The lowest BCUT2D eigenvalue weighted by molar-refractivity contribution is 0.268. The van der Waals surface area contributed by atoms with Gasteiger partial charge in [-0.05, 0) is 18.3 Å². The van der Waals surface area contributed by atoms with Crippen molar-refractivity contribution in [2.24, 2.45) is 11.8 Å². The molecule has 1 N–H and O–H groups in total. The first kappa shape index (κ1) is 12.2. The quantitative estimate of drug-likeness (QED) is 0.704. The summed E-state index contributed by atoms with van der Waals surface area (Å²) >= 11 is 0. The Bertz CT molecular complexity index is 197. The van der Waals surface area contributed by atoms with E-state index in [9.17, 15) is 8.42 Å². The van der Waals surface area contributed by atoms with Crippen molar-refractivity contribution in [1.29, 1.82) is 0 Å². The molecule has 0 amide bonds. The molecule has 0 aromatic heterocycles. The fourth-order valence-corrected chi connectivity index (χ4v) is 1.03. The molecule has 0 aromatic carbocycles. The SMILES string of the molecule is CCC1CC1CO.CS(=O)(=O)Cl. The molecule has 2 unspecified atom stereocenters. The van der Waals surface area contributed by atoms with E-state index in [-0.39, 0.29) is 0 Å². The highest BCUT2D eigenvalue weighted by Gasteiger charge is 2.33. The standard InChI is InChI=1S/C6H12O.CH3ClO2S/c1-2-5-3-6(5)4-7;1-5(2,3)4/h5-7H,2-4H2,1H3;1H3. The zero-order valence-electron chi connectivity index (χ0n) is 7.33. The topological polar surface area (TPSA) is 54.4 Å². The van der Waals surface area contributed by atoms with Crippen LogP contribution in [0.5, 0.6) is 0 Å². The van der Waals surface area contributed by atoms with Crippen LogP contribution >= 0.6 is 10.7 Å². The lowest BCUT2D eigenvalue weighted by atomic mass is 10.3. The highest BCUT2D eigenvalue weighted by atomic mass is 35.7. The Kier molecular flexibility index (Phi) is 5.13. The molecule has 2 atom stereocenters. The average Bonchev–Trinajstić information content (AvgIpc) is 2.61. The third-order valence-electron chi connectivity index (χ3n) is 1.83. The molecule has 0 spiro atoms. The largest absolute Gasteiger partial charge is 0.396 e. The van der Waals surface area contributed by atoms with Crippen LogP contribution in [0.3, 0.4) is 0 Å². The van der Waals surface area contributed by atoms with E-state index in [2.05, 4.69) is 17.6 Å². The summed E-state index contributed by atoms with van der Waals surface area (Å²) < 4.78 is 18.8. The van der Waals surface area contributed by atoms with Crippen LogP contribution in [0.15, 0.2) is 0 Å². The monoisotopic (exact) mass is 214 g/mol. The summed E-state index contributed by atoms with van der Waals surface area (Å²) in [6.07, 6.45) is 3.45. The zero-order chi connectivity index (χ0) is 9.78.